The highest BCUT2D eigenvalue weighted by molar-refractivity contribution is 9.10. The van der Waals surface area contributed by atoms with E-state index >= 15 is 0 Å². The number of benzene rings is 1. The van der Waals surface area contributed by atoms with Gasteiger partial charge in [-0.25, -0.2) is 0 Å². The SMILES string of the molecule is CCC(O)(CC)C(=O)N=Nc1c(O)[nH]c2ccc(Br)cc12. The van der Waals surface area contributed by atoms with Crippen LogP contribution in [0.15, 0.2) is 32.9 Å². The minimum Gasteiger partial charge on any atom is -0.493 e. The summed E-state index contributed by atoms with van der Waals surface area (Å²) in [5, 5.41) is 27.9. The summed E-state index contributed by atoms with van der Waals surface area (Å²) in [4.78, 5) is 14.7. The Kier molecular flexibility index (Phi) is 4.43. The number of aromatic nitrogens is 1. The van der Waals surface area contributed by atoms with Crippen LogP contribution in [-0.4, -0.2) is 26.7 Å². The Morgan fingerprint density at radius 3 is 2.67 bits per heavy atom. The van der Waals surface area contributed by atoms with Crippen molar-refractivity contribution in [1.29, 1.82) is 0 Å². The molecule has 0 saturated heterocycles. The van der Waals surface area contributed by atoms with Crippen molar-refractivity contribution in [1.82, 2.24) is 4.98 Å². The monoisotopic (exact) mass is 353 g/mol. The standard InChI is InChI=1S/C14H16BrN3O3/c1-3-14(21,4-2)13(20)18-17-11-9-7-8(15)5-6-10(9)16-12(11)19/h5-7,16,19,21H,3-4H2,1-2H3. The Bertz CT molecular complexity index is 705. The van der Waals surface area contributed by atoms with Gasteiger partial charge in [-0.2, -0.15) is 0 Å². The molecular formula is C14H16BrN3O3. The fourth-order valence-electron chi connectivity index (χ4n) is 1.98. The van der Waals surface area contributed by atoms with E-state index in [0.717, 1.165) is 4.47 Å². The molecule has 0 atom stereocenters. The first-order valence-corrected chi connectivity index (χ1v) is 7.39. The van der Waals surface area contributed by atoms with Gasteiger partial charge in [-0.3, -0.25) is 4.79 Å². The first-order chi connectivity index (χ1) is 9.91. The van der Waals surface area contributed by atoms with E-state index in [1.165, 1.54) is 0 Å². The van der Waals surface area contributed by atoms with E-state index in [0.29, 0.717) is 10.9 Å². The molecule has 0 bridgehead atoms. The van der Waals surface area contributed by atoms with Crippen molar-refractivity contribution < 1.29 is 15.0 Å². The van der Waals surface area contributed by atoms with Crippen molar-refractivity contribution >= 4 is 38.4 Å². The van der Waals surface area contributed by atoms with Crippen LogP contribution in [0.3, 0.4) is 0 Å². The quantitative estimate of drug-likeness (QED) is 0.729. The number of hydrogen-bond donors (Lipinski definition) is 3. The molecule has 0 saturated carbocycles. The highest BCUT2D eigenvalue weighted by atomic mass is 79.9. The van der Waals surface area contributed by atoms with Gasteiger partial charge in [0.05, 0.1) is 5.52 Å². The van der Waals surface area contributed by atoms with Crippen LogP contribution in [0.25, 0.3) is 10.9 Å². The van der Waals surface area contributed by atoms with E-state index in [4.69, 9.17) is 0 Å². The average molecular weight is 354 g/mol. The highest BCUT2D eigenvalue weighted by Gasteiger charge is 2.32. The van der Waals surface area contributed by atoms with E-state index < -0.39 is 11.5 Å². The van der Waals surface area contributed by atoms with E-state index in [9.17, 15) is 15.0 Å². The van der Waals surface area contributed by atoms with Gasteiger partial charge >= 0.3 is 0 Å². The molecule has 3 N–H and O–H groups in total. The van der Waals surface area contributed by atoms with Crippen molar-refractivity contribution in [2.45, 2.75) is 32.3 Å². The molecule has 1 aromatic carbocycles. The molecular weight excluding hydrogens is 338 g/mol. The lowest BCUT2D eigenvalue weighted by molar-refractivity contribution is -0.137. The molecule has 0 spiro atoms. The van der Waals surface area contributed by atoms with Crippen LogP contribution in [0.5, 0.6) is 5.88 Å². The topological polar surface area (TPSA) is 98.0 Å². The highest BCUT2D eigenvalue weighted by Crippen LogP contribution is 2.37. The largest absolute Gasteiger partial charge is 0.493 e. The summed E-state index contributed by atoms with van der Waals surface area (Å²) >= 11 is 3.34. The number of nitrogens with zero attached hydrogens (tertiary/aromatic N) is 2. The Morgan fingerprint density at radius 2 is 2.05 bits per heavy atom. The molecule has 112 valence electrons. The fraction of sp³-hybridized carbons (Fsp3) is 0.357. The summed E-state index contributed by atoms with van der Waals surface area (Å²) < 4.78 is 0.815. The summed E-state index contributed by atoms with van der Waals surface area (Å²) in [5.74, 6) is -0.882. The molecule has 2 rings (SSSR count). The molecule has 6 nitrogen and oxygen atoms in total. The maximum absolute atomic E-state index is 11.9. The van der Waals surface area contributed by atoms with Crippen LogP contribution in [0.4, 0.5) is 5.69 Å². The van der Waals surface area contributed by atoms with Gasteiger partial charge in [-0.1, -0.05) is 29.8 Å². The number of rotatable bonds is 4. The Hall–Kier alpha value is -1.73. The number of nitrogens with one attached hydrogen (secondary N) is 1. The van der Waals surface area contributed by atoms with E-state index in [-0.39, 0.29) is 24.4 Å². The molecule has 0 aliphatic carbocycles. The summed E-state index contributed by atoms with van der Waals surface area (Å²) in [7, 11) is 0. The molecule has 7 heteroatoms. The second kappa shape index (κ2) is 5.95. The zero-order valence-corrected chi connectivity index (χ0v) is 13.3. The van der Waals surface area contributed by atoms with E-state index in [1.54, 1.807) is 26.0 Å². The maximum Gasteiger partial charge on any atom is 0.296 e. The van der Waals surface area contributed by atoms with Gasteiger partial charge in [0.25, 0.3) is 5.91 Å². The number of H-pyrrole nitrogens is 1. The summed E-state index contributed by atoms with van der Waals surface area (Å²) in [6.45, 7) is 3.41. The number of carbonyl (C=O) groups is 1. The summed E-state index contributed by atoms with van der Waals surface area (Å²) in [5.41, 5.74) is -0.654. The van der Waals surface area contributed by atoms with Gasteiger partial charge in [-0.15, -0.1) is 10.2 Å². The van der Waals surface area contributed by atoms with Crippen LogP contribution >= 0.6 is 15.9 Å². The lowest BCUT2D eigenvalue weighted by Crippen LogP contribution is -2.35. The zero-order valence-electron chi connectivity index (χ0n) is 11.7. The van der Waals surface area contributed by atoms with Gasteiger partial charge in [0, 0.05) is 9.86 Å². The van der Waals surface area contributed by atoms with Gasteiger partial charge in [0.2, 0.25) is 5.88 Å². The number of amides is 1. The van der Waals surface area contributed by atoms with Gasteiger partial charge in [0.15, 0.2) is 5.69 Å². The first-order valence-electron chi connectivity index (χ1n) is 6.60. The lowest BCUT2D eigenvalue weighted by Gasteiger charge is -2.19. The Morgan fingerprint density at radius 1 is 1.38 bits per heavy atom. The zero-order chi connectivity index (χ0) is 15.6. The fourth-order valence-corrected chi connectivity index (χ4v) is 2.34. The number of azo groups is 1. The third-order valence-electron chi connectivity index (χ3n) is 3.52. The van der Waals surface area contributed by atoms with Crippen molar-refractivity contribution in [2.24, 2.45) is 10.2 Å². The molecule has 21 heavy (non-hydrogen) atoms. The van der Waals surface area contributed by atoms with Crippen LogP contribution < -0.4 is 0 Å². The number of fused-ring (bicyclic) bond motifs is 1. The molecule has 1 amide bonds. The molecule has 0 aliphatic heterocycles. The van der Waals surface area contributed by atoms with Crippen LogP contribution in [0.1, 0.15) is 26.7 Å². The van der Waals surface area contributed by atoms with E-state index in [1.807, 2.05) is 6.07 Å². The normalized spacial score (nSPS) is 12.4. The predicted octanol–water partition coefficient (Wildman–Crippen LogP) is 3.80. The smallest absolute Gasteiger partial charge is 0.296 e. The second-order valence-electron chi connectivity index (χ2n) is 4.76. The third kappa shape index (κ3) is 2.98. The Labute approximate surface area is 130 Å². The van der Waals surface area contributed by atoms with Crippen molar-refractivity contribution in [3.05, 3.63) is 22.7 Å². The van der Waals surface area contributed by atoms with Crippen molar-refractivity contribution in [3.8, 4) is 5.88 Å². The van der Waals surface area contributed by atoms with Gasteiger partial charge in [0.1, 0.15) is 5.60 Å². The molecule has 0 aliphatic rings. The minimum absolute atomic E-state index is 0.170. The average Bonchev–Trinajstić information content (AvgIpc) is 2.78. The number of halogens is 1. The van der Waals surface area contributed by atoms with Gasteiger partial charge < -0.3 is 15.2 Å². The molecule has 2 aromatic rings. The second-order valence-corrected chi connectivity index (χ2v) is 5.67. The van der Waals surface area contributed by atoms with Gasteiger partial charge in [-0.05, 0) is 31.0 Å². The lowest BCUT2D eigenvalue weighted by atomic mass is 9.97. The molecule has 0 radical (unpaired) electrons. The predicted molar refractivity (Wildman–Crippen MR) is 82.7 cm³/mol. The number of hydrogen-bond acceptors (Lipinski definition) is 4. The van der Waals surface area contributed by atoms with Crippen LogP contribution in [-0.2, 0) is 4.79 Å². The van der Waals surface area contributed by atoms with Crippen LogP contribution in [0.2, 0.25) is 0 Å². The number of aromatic hydroxyl groups is 1. The summed E-state index contributed by atoms with van der Waals surface area (Å²) in [6.07, 6.45) is 0.513. The third-order valence-corrected chi connectivity index (χ3v) is 4.02. The van der Waals surface area contributed by atoms with E-state index in [2.05, 4.69) is 31.1 Å². The minimum atomic E-state index is -1.51. The van der Waals surface area contributed by atoms with Crippen LogP contribution in [0, 0.1) is 0 Å². The molecule has 1 heterocycles. The van der Waals surface area contributed by atoms with Crippen molar-refractivity contribution in [3.63, 3.8) is 0 Å². The Balaban J connectivity index is 2.40. The molecule has 0 unspecified atom stereocenters. The summed E-state index contributed by atoms with van der Waals surface area (Å²) in [6, 6.07) is 5.35. The molecule has 0 fully saturated rings. The first kappa shape index (κ1) is 15.7. The number of aliphatic hydroxyl groups is 1. The number of carbonyl (C=O) groups excluding carboxylic acids is 1. The maximum atomic E-state index is 11.9. The number of aromatic amines is 1. The molecule has 1 aromatic heterocycles. The van der Waals surface area contributed by atoms with Crippen molar-refractivity contribution in [2.75, 3.05) is 0 Å².